The van der Waals surface area contributed by atoms with Crippen molar-refractivity contribution in [2.45, 2.75) is 33.2 Å². The molecule has 0 atom stereocenters. The van der Waals surface area contributed by atoms with Gasteiger partial charge in [0.25, 0.3) is 0 Å². The van der Waals surface area contributed by atoms with Crippen LogP contribution in [0.5, 0.6) is 0 Å². The molecular formula is C11H14N2O2. The number of hydrogen-bond donors (Lipinski definition) is 0. The topological polar surface area (TPSA) is 48.0 Å². The lowest BCUT2D eigenvalue weighted by Crippen LogP contribution is -2.34. The smallest absolute Gasteiger partial charge is 0.351 e. The summed E-state index contributed by atoms with van der Waals surface area (Å²) in [4.78, 5) is 15.6. The highest BCUT2D eigenvalue weighted by Crippen LogP contribution is 2.17. The summed E-state index contributed by atoms with van der Waals surface area (Å²) in [7, 11) is 0. The minimum absolute atomic E-state index is 0.260. The molecule has 0 fully saturated rings. The monoisotopic (exact) mass is 206 g/mol. The molecule has 2 heterocycles. The molecule has 2 aromatic heterocycles. The Hall–Kier alpha value is -1.58. The number of aryl methyl sites for hydroxylation is 1. The maximum atomic E-state index is 11.7. The van der Waals surface area contributed by atoms with Crippen molar-refractivity contribution < 1.29 is 4.42 Å². The molecule has 0 aromatic carbocycles. The van der Waals surface area contributed by atoms with Crippen molar-refractivity contribution in [3.05, 3.63) is 28.5 Å². The predicted molar refractivity (Wildman–Crippen MR) is 58.0 cm³/mol. The summed E-state index contributed by atoms with van der Waals surface area (Å²) in [5.74, 6) is 0.767. The highest BCUT2D eigenvalue weighted by atomic mass is 16.3. The lowest BCUT2D eigenvalue weighted by molar-refractivity contribution is 0.378. The minimum Gasteiger partial charge on any atom is -0.443 e. The predicted octanol–water partition coefficient (Wildman–Crippen LogP) is 2.05. The highest BCUT2D eigenvalue weighted by Gasteiger charge is 2.16. The van der Waals surface area contributed by atoms with Gasteiger partial charge in [-0.2, -0.15) is 4.98 Å². The SMILES string of the molecule is Cc1cc2cn(C(C)(C)C)c(=O)nc2o1. The fourth-order valence-electron chi connectivity index (χ4n) is 1.52. The lowest BCUT2D eigenvalue weighted by atomic mass is 10.1. The van der Waals surface area contributed by atoms with Gasteiger partial charge in [0.1, 0.15) is 5.76 Å². The number of hydrogen-bond acceptors (Lipinski definition) is 3. The molecule has 0 unspecified atom stereocenters. The summed E-state index contributed by atoms with van der Waals surface area (Å²) in [6.07, 6.45) is 1.79. The molecule has 2 aromatic rings. The van der Waals surface area contributed by atoms with E-state index in [1.54, 1.807) is 10.8 Å². The first-order valence-corrected chi connectivity index (χ1v) is 4.88. The van der Waals surface area contributed by atoms with Crippen LogP contribution in [0.15, 0.2) is 21.5 Å². The van der Waals surface area contributed by atoms with Gasteiger partial charge < -0.3 is 4.42 Å². The van der Waals surface area contributed by atoms with Gasteiger partial charge in [-0.05, 0) is 33.8 Å². The Morgan fingerprint density at radius 3 is 2.67 bits per heavy atom. The zero-order chi connectivity index (χ0) is 11.2. The second-order valence-corrected chi connectivity index (χ2v) is 4.68. The molecule has 80 valence electrons. The molecule has 0 aliphatic rings. The van der Waals surface area contributed by atoms with Crippen LogP contribution in [0.25, 0.3) is 11.1 Å². The Morgan fingerprint density at radius 1 is 1.40 bits per heavy atom. The molecule has 0 radical (unpaired) electrons. The van der Waals surface area contributed by atoms with E-state index in [0.29, 0.717) is 5.71 Å². The van der Waals surface area contributed by atoms with Crippen LogP contribution in [0.3, 0.4) is 0 Å². The van der Waals surface area contributed by atoms with E-state index in [9.17, 15) is 4.79 Å². The van der Waals surface area contributed by atoms with Crippen LogP contribution in [0, 0.1) is 6.92 Å². The van der Waals surface area contributed by atoms with E-state index in [0.717, 1.165) is 11.1 Å². The second kappa shape index (κ2) is 2.95. The summed E-state index contributed by atoms with van der Waals surface area (Å²) in [5, 5.41) is 0.863. The van der Waals surface area contributed by atoms with Crippen molar-refractivity contribution in [1.82, 2.24) is 9.55 Å². The van der Waals surface area contributed by atoms with Crippen LogP contribution in [-0.2, 0) is 5.54 Å². The summed E-state index contributed by atoms with van der Waals surface area (Å²) in [5.41, 5.74) is -0.119. The van der Waals surface area contributed by atoms with Crippen LogP contribution >= 0.6 is 0 Å². The standard InChI is InChI=1S/C11H14N2O2/c1-7-5-8-6-13(11(2,3)4)10(14)12-9(8)15-7/h5-6H,1-4H3. The van der Waals surface area contributed by atoms with Crippen LogP contribution < -0.4 is 5.69 Å². The summed E-state index contributed by atoms with van der Waals surface area (Å²) < 4.78 is 6.91. The Labute approximate surface area is 87.5 Å². The molecule has 0 N–H and O–H groups in total. The van der Waals surface area contributed by atoms with Crippen molar-refractivity contribution in [3.63, 3.8) is 0 Å². The van der Waals surface area contributed by atoms with Crippen molar-refractivity contribution in [3.8, 4) is 0 Å². The van der Waals surface area contributed by atoms with E-state index in [-0.39, 0.29) is 11.2 Å². The molecule has 0 spiro atoms. The third kappa shape index (κ3) is 1.67. The van der Waals surface area contributed by atoms with E-state index in [1.165, 1.54) is 0 Å². The van der Waals surface area contributed by atoms with Crippen LogP contribution in [0.4, 0.5) is 0 Å². The van der Waals surface area contributed by atoms with E-state index >= 15 is 0 Å². The number of rotatable bonds is 0. The average Bonchev–Trinajstić information content (AvgIpc) is 2.40. The molecule has 0 amide bonds. The second-order valence-electron chi connectivity index (χ2n) is 4.68. The van der Waals surface area contributed by atoms with E-state index in [2.05, 4.69) is 4.98 Å². The normalized spacial score (nSPS) is 12.3. The summed E-state index contributed by atoms with van der Waals surface area (Å²) in [6.45, 7) is 7.74. The number of fused-ring (bicyclic) bond motifs is 1. The first kappa shape index (κ1) is 9.96. The molecule has 0 aliphatic carbocycles. The number of nitrogens with zero attached hydrogens (tertiary/aromatic N) is 2. The summed E-state index contributed by atoms with van der Waals surface area (Å²) in [6, 6.07) is 1.88. The molecule has 4 nitrogen and oxygen atoms in total. The molecular weight excluding hydrogens is 192 g/mol. The summed E-state index contributed by atoms with van der Waals surface area (Å²) >= 11 is 0. The maximum Gasteiger partial charge on any atom is 0.351 e. The van der Waals surface area contributed by atoms with Gasteiger partial charge in [-0.15, -0.1) is 0 Å². The number of furan rings is 1. The molecule has 0 saturated carbocycles. The maximum absolute atomic E-state index is 11.7. The quantitative estimate of drug-likeness (QED) is 0.662. The number of aromatic nitrogens is 2. The Bertz CT molecular complexity index is 558. The Balaban J connectivity index is 2.78. The van der Waals surface area contributed by atoms with E-state index < -0.39 is 0 Å². The van der Waals surface area contributed by atoms with Gasteiger partial charge in [0, 0.05) is 11.7 Å². The van der Waals surface area contributed by atoms with Gasteiger partial charge in [-0.1, -0.05) is 0 Å². The third-order valence-corrected chi connectivity index (χ3v) is 2.26. The van der Waals surface area contributed by atoms with Crippen molar-refractivity contribution in [2.75, 3.05) is 0 Å². The fraction of sp³-hybridized carbons (Fsp3) is 0.455. The molecule has 0 bridgehead atoms. The van der Waals surface area contributed by atoms with Gasteiger partial charge in [0.2, 0.25) is 5.71 Å². The van der Waals surface area contributed by atoms with E-state index in [4.69, 9.17) is 4.42 Å². The van der Waals surface area contributed by atoms with Gasteiger partial charge in [0.15, 0.2) is 0 Å². The zero-order valence-corrected chi connectivity index (χ0v) is 9.37. The van der Waals surface area contributed by atoms with Gasteiger partial charge >= 0.3 is 5.69 Å². The third-order valence-electron chi connectivity index (χ3n) is 2.26. The highest BCUT2D eigenvalue weighted by molar-refractivity contribution is 5.72. The molecule has 2 rings (SSSR count). The average molecular weight is 206 g/mol. The van der Waals surface area contributed by atoms with Crippen molar-refractivity contribution >= 4 is 11.1 Å². The first-order valence-electron chi connectivity index (χ1n) is 4.88. The molecule has 0 aliphatic heterocycles. The lowest BCUT2D eigenvalue weighted by Gasteiger charge is -2.20. The largest absolute Gasteiger partial charge is 0.443 e. The van der Waals surface area contributed by atoms with Gasteiger partial charge in [-0.25, -0.2) is 4.79 Å². The Morgan fingerprint density at radius 2 is 2.07 bits per heavy atom. The molecule has 15 heavy (non-hydrogen) atoms. The zero-order valence-electron chi connectivity index (χ0n) is 9.37. The van der Waals surface area contributed by atoms with Crippen molar-refractivity contribution in [2.24, 2.45) is 0 Å². The van der Waals surface area contributed by atoms with E-state index in [1.807, 2.05) is 33.8 Å². The van der Waals surface area contributed by atoms with Crippen molar-refractivity contribution in [1.29, 1.82) is 0 Å². The van der Waals surface area contributed by atoms with Crippen LogP contribution in [-0.4, -0.2) is 9.55 Å². The fourth-order valence-corrected chi connectivity index (χ4v) is 1.52. The van der Waals surface area contributed by atoms with Gasteiger partial charge in [-0.3, -0.25) is 4.57 Å². The molecule has 0 saturated heterocycles. The first-order chi connectivity index (χ1) is 6.88. The minimum atomic E-state index is -0.274. The molecule has 4 heteroatoms. The van der Waals surface area contributed by atoms with Gasteiger partial charge in [0.05, 0.1) is 5.39 Å². The van der Waals surface area contributed by atoms with Crippen LogP contribution in [0.2, 0.25) is 0 Å². The Kier molecular flexibility index (Phi) is 1.96. The van der Waals surface area contributed by atoms with Crippen LogP contribution in [0.1, 0.15) is 26.5 Å².